The number of ketones is 1. The summed E-state index contributed by atoms with van der Waals surface area (Å²) >= 11 is 0. The molecular weight excluding hydrogens is 249 g/mol. The summed E-state index contributed by atoms with van der Waals surface area (Å²) in [5, 5.41) is 8.94. The van der Waals surface area contributed by atoms with Gasteiger partial charge in [0, 0.05) is 35.5 Å². The molecule has 1 atom stereocenters. The average Bonchev–Trinajstić information content (AvgIpc) is 2.72. The first kappa shape index (κ1) is 13.3. The number of aliphatic carboxylic acids is 1. The second kappa shape index (κ2) is 5.22. The highest BCUT2D eigenvalue weighted by Crippen LogP contribution is 2.24. The molecule has 1 aromatic heterocycles. The molecule has 0 radical (unpaired) electrons. The van der Waals surface area contributed by atoms with Gasteiger partial charge >= 0.3 is 5.97 Å². The maximum Gasteiger partial charge on any atom is 0.303 e. The first-order chi connectivity index (χ1) is 8.99. The molecule has 0 fully saturated rings. The third kappa shape index (κ3) is 2.81. The van der Waals surface area contributed by atoms with E-state index in [9.17, 15) is 14.0 Å². The number of carboxylic acid groups (broad SMARTS) is 1. The molecule has 2 rings (SSSR count). The molecule has 2 aromatic rings. The van der Waals surface area contributed by atoms with Crippen LogP contribution in [0, 0.1) is 11.7 Å². The smallest absolute Gasteiger partial charge is 0.303 e. The lowest BCUT2D eigenvalue weighted by Gasteiger charge is -2.07. The number of fused-ring (bicyclic) bond motifs is 1. The fraction of sp³-hybridized carbons (Fsp3) is 0.286. The van der Waals surface area contributed by atoms with Crippen molar-refractivity contribution < 1.29 is 19.1 Å². The van der Waals surface area contributed by atoms with Gasteiger partial charge in [0.1, 0.15) is 5.82 Å². The number of benzene rings is 1. The number of carbonyl (C=O) groups is 2. The maximum absolute atomic E-state index is 13.7. The normalized spacial score (nSPS) is 12.5. The van der Waals surface area contributed by atoms with E-state index in [0.717, 1.165) is 0 Å². The standard InChI is InChI=1S/C14H14FNO3/c1-8(6-13(18)19)5-12(17)9-7-16-11-4-2-3-10(15)14(9)11/h2-4,7-8,16H,5-6H2,1H3,(H,18,19). The van der Waals surface area contributed by atoms with Crippen molar-refractivity contribution >= 4 is 22.7 Å². The summed E-state index contributed by atoms with van der Waals surface area (Å²) in [6, 6.07) is 4.55. The molecule has 0 spiro atoms. The van der Waals surface area contributed by atoms with E-state index < -0.39 is 11.8 Å². The van der Waals surface area contributed by atoms with Gasteiger partial charge in [-0.05, 0) is 18.1 Å². The van der Waals surface area contributed by atoms with Crippen LogP contribution >= 0.6 is 0 Å². The van der Waals surface area contributed by atoms with Crippen LogP contribution in [0.5, 0.6) is 0 Å². The number of aromatic nitrogens is 1. The zero-order chi connectivity index (χ0) is 14.0. The molecule has 100 valence electrons. The van der Waals surface area contributed by atoms with Crippen LogP contribution in [0.4, 0.5) is 4.39 Å². The molecule has 0 aliphatic rings. The largest absolute Gasteiger partial charge is 0.481 e. The van der Waals surface area contributed by atoms with Gasteiger partial charge in [-0.3, -0.25) is 9.59 Å². The highest BCUT2D eigenvalue weighted by atomic mass is 19.1. The SMILES string of the molecule is CC(CC(=O)O)CC(=O)c1c[nH]c2cccc(F)c12. The summed E-state index contributed by atoms with van der Waals surface area (Å²) in [5.74, 6) is -1.91. The van der Waals surface area contributed by atoms with Crippen molar-refractivity contribution in [2.24, 2.45) is 5.92 Å². The number of carboxylic acids is 1. The Morgan fingerprint density at radius 3 is 2.79 bits per heavy atom. The Morgan fingerprint density at radius 1 is 1.37 bits per heavy atom. The third-order valence-corrected chi connectivity index (χ3v) is 3.01. The van der Waals surface area contributed by atoms with Crippen molar-refractivity contribution in [2.75, 3.05) is 0 Å². The number of nitrogens with one attached hydrogen (secondary N) is 1. The van der Waals surface area contributed by atoms with Gasteiger partial charge in [-0.15, -0.1) is 0 Å². The fourth-order valence-corrected chi connectivity index (χ4v) is 2.16. The molecule has 0 aliphatic heterocycles. The summed E-state index contributed by atoms with van der Waals surface area (Å²) in [6.45, 7) is 1.69. The van der Waals surface area contributed by atoms with Crippen molar-refractivity contribution in [1.82, 2.24) is 4.98 Å². The van der Waals surface area contributed by atoms with E-state index in [0.29, 0.717) is 5.52 Å². The monoisotopic (exact) mass is 263 g/mol. The Bertz CT molecular complexity index is 633. The van der Waals surface area contributed by atoms with Crippen LogP contribution in [0.15, 0.2) is 24.4 Å². The predicted molar refractivity (Wildman–Crippen MR) is 68.6 cm³/mol. The van der Waals surface area contributed by atoms with E-state index in [2.05, 4.69) is 4.98 Å². The first-order valence-electron chi connectivity index (χ1n) is 5.99. The van der Waals surface area contributed by atoms with Gasteiger partial charge in [0.05, 0.1) is 0 Å². The topological polar surface area (TPSA) is 70.2 Å². The minimum absolute atomic E-state index is 0.0728. The van der Waals surface area contributed by atoms with E-state index in [1.165, 1.54) is 12.3 Å². The van der Waals surface area contributed by atoms with Crippen LogP contribution in [0.3, 0.4) is 0 Å². The van der Waals surface area contributed by atoms with Gasteiger partial charge < -0.3 is 10.1 Å². The number of hydrogen-bond acceptors (Lipinski definition) is 2. The minimum atomic E-state index is -0.939. The van der Waals surface area contributed by atoms with E-state index in [4.69, 9.17) is 5.11 Å². The van der Waals surface area contributed by atoms with Crippen LogP contribution < -0.4 is 0 Å². The Labute approximate surface area is 109 Å². The van der Waals surface area contributed by atoms with Gasteiger partial charge in [-0.1, -0.05) is 13.0 Å². The van der Waals surface area contributed by atoms with E-state index in [1.807, 2.05) is 0 Å². The van der Waals surface area contributed by atoms with Gasteiger partial charge in [-0.25, -0.2) is 4.39 Å². The van der Waals surface area contributed by atoms with Crippen LogP contribution in [0.2, 0.25) is 0 Å². The van der Waals surface area contributed by atoms with Crippen LogP contribution in [0.1, 0.15) is 30.1 Å². The van der Waals surface area contributed by atoms with Gasteiger partial charge in [0.2, 0.25) is 0 Å². The molecule has 0 saturated carbocycles. The highest BCUT2D eigenvalue weighted by Gasteiger charge is 2.18. The van der Waals surface area contributed by atoms with Crippen molar-refractivity contribution in [3.63, 3.8) is 0 Å². The molecule has 0 amide bonds. The summed E-state index contributed by atoms with van der Waals surface area (Å²) in [7, 11) is 0. The van der Waals surface area contributed by atoms with Gasteiger partial charge in [0.15, 0.2) is 5.78 Å². The number of Topliss-reactive ketones (excluding diaryl/α,β-unsaturated/α-hetero) is 1. The van der Waals surface area contributed by atoms with Gasteiger partial charge in [-0.2, -0.15) is 0 Å². The molecule has 4 nitrogen and oxygen atoms in total. The number of H-pyrrole nitrogens is 1. The Kier molecular flexibility index (Phi) is 3.64. The van der Waals surface area contributed by atoms with Crippen LogP contribution in [-0.4, -0.2) is 21.8 Å². The zero-order valence-corrected chi connectivity index (χ0v) is 10.4. The molecule has 0 bridgehead atoms. The molecule has 5 heteroatoms. The third-order valence-electron chi connectivity index (χ3n) is 3.01. The van der Waals surface area contributed by atoms with E-state index >= 15 is 0 Å². The molecule has 2 N–H and O–H groups in total. The quantitative estimate of drug-likeness (QED) is 0.815. The van der Waals surface area contributed by atoms with Crippen molar-refractivity contribution in [3.05, 3.63) is 35.8 Å². The summed E-state index contributed by atoms with van der Waals surface area (Å²) < 4.78 is 13.7. The molecule has 1 aromatic carbocycles. The second-order valence-electron chi connectivity index (χ2n) is 4.70. The zero-order valence-electron chi connectivity index (χ0n) is 10.4. The molecule has 1 unspecified atom stereocenters. The summed E-state index contributed by atoms with van der Waals surface area (Å²) in [4.78, 5) is 25.5. The molecule has 0 saturated heterocycles. The lowest BCUT2D eigenvalue weighted by atomic mass is 9.97. The Balaban J connectivity index is 2.25. The number of rotatable bonds is 5. The van der Waals surface area contributed by atoms with Crippen LogP contribution in [0.25, 0.3) is 10.9 Å². The summed E-state index contributed by atoms with van der Waals surface area (Å²) in [5.41, 5.74) is 0.847. The van der Waals surface area contributed by atoms with Crippen molar-refractivity contribution in [2.45, 2.75) is 19.8 Å². The molecular formula is C14H14FNO3. The Hall–Kier alpha value is -2.17. The fourth-order valence-electron chi connectivity index (χ4n) is 2.16. The van der Waals surface area contributed by atoms with E-state index in [-0.39, 0.29) is 35.5 Å². The lowest BCUT2D eigenvalue weighted by molar-refractivity contribution is -0.137. The predicted octanol–water partition coefficient (Wildman–Crippen LogP) is 2.99. The molecule has 1 heterocycles. The highest BCUT2D eigenvalue weighted by molar-refractivity contribution is 6.08. The molecule has 19 heavy (non-hydrogen) atoms. The van der Waals surface area contributed by atoms with Crippen molar-refractivity contribution in [1.29, 1.82) is 0 Å². The number of halogens is 1. The summed E-state index contributed by atoms with van der Waals surface area (Å²) in [6.07, 6.45) is 1.49. The Morgan fingerprint density at radius 2 is 2.11 bits per heavy atom. The maximum atomic E-state index is 13.7. The lowest BCUT2D eigenvalue weighted by Crippen LogP contribution is -2.10. The number of aromatic amines is 1. The number of carbonyl (C=O) groups excluding carboxylic acids is 1. The molecule has 0 aliphatic carbocycles. The van der Waals surface area contributed by atoms with Crippen molar-refractivity contribution in [3.8, 4) is 0 Å². The van der Waals surface area contributed by atoms with Gasteiger partial charge in [0.25, 0.3) is 0 Å². The van der Waals surface area contributed by atoms with E-state index in [1.54, 1.807) is 19.1 Å². The van der Waals surface area contributed by atoms with Crippen LogP contribution in [-0.2, 0) is 4.79 Å². The second-order valence-corrected chi connectivity index (χ2v) is 4.70. The minimum Gasteiger partial charge on any atom is -0.481 e. The average molecular weight is 263 g/mol. The first-order valence-corrected chi connectivity index (χ1v) is 5.99. The number of hydrogen-bond donors (Lipinski definition) is 2.